The highest BCUT2D eigenvalue weighted by Crippen LogP contribution is 2.19. The molecule has 0 aliphatic carbocycles. The van der Waals surface area contributed by atoms with Crippen LogP contribution in [-0.4, -0.2) is 23.0 Å². The molecule has 1 aromatic heterocycles. The van der Waals surface area contributed by atoms with E-state index >= 15 is 0 Å². The van der Waals surface area contributed by atoms with Crippen LogP contribution in [0.1, 0.15) is 34.7 Å². The summed E-state index contributed by atoms with van der Waals surface area (Å²) in [5.74, 6) is 0.527. The van der Waals surface area contributed by atoms with Crippen LogP contribution in [0.2, 0.25) is 0 Å². The fourth-order valence-corrected chi connectivity index (χ4v) is 4.01. The SMILES string of the molecule is ClCc1csc(CCCN2CCCc3ccccc3C2)n1. The van der Waals surface area contributed by atoms with E-state index in [-0.39, 0.29) is 0 Å². The minimum Gasteiger partial charge on any atom is -0.299 e. The van der Waals surface area contributed by atoms with Gasteiger partial charge in [0, 0.05) is 18.3 Å². The molecule has 0 radical (unpaired) electrons. The Morgan fingerprint density at radius 2 is 2.10 bits per heavy atom. The van der Waals surface area contributed by atoms with E-state index in [1.807, 2.05) is 0 Å². The first-order valence-electron chi connectivity index (χ1n) is 7.63. The van der Waals surface area contributed by atoms with Gasteiger partial charge in [-0.25, -0.2) is 4.98 Å². The van der Waals surface area contributed by atoms with Crippen LogP contribution >= 0.6 is 22.9 Å². The molecule has 1 aliphatic heterocycles. The Kier molecular flexibility index (Phi) is 5.28. The predicted molar refractivity (Wildman–Crippen MR) is 90.0 cm³/mol. The summed E-state index contributed by atoms with van der Waals surface area (Å²) in [7, 11) is 0. The molecule has 1 aliphatic rings. The summed E-state index contributed by atoms with van der Waals surface area (Å²) in [6.07, 6.45) is 4.74. The maximum absolute atomic E-state index is 5.80. The van der Waals surface area contributed by atoms with Crippen LogP contribution in [0.25, 0.3) is 0 Å². The van der Waals surface area contributed by atoms with Crippen molar-refractivity contribution in [3.05, 3.63) is 51.5 Å². The van der Waals surface area contributed by atoms with E-state index < -0.39 is 0 Å². The van der Waals surface area contributed by atoms with Crippen molar-refractivity contribution in [3.8, 4) is 0 Å². The molecule has 4 heteroatoms. The zero-order valence-electron chi connectivity index (χ0n) is 12.2. The van der Waals surface area contributed by atoms with Gasteiger partial charge in [0.2, 0.25) is 0 Å². The molecule has 0 fully saturated rings. The van der Waals surface area contributed by atoms with Crippen molar-refractivity contribution in [1.29, 1.82) is 0 Å². The van der Waals surface area contributed by atoms with Crippen LogP contribution in [-0.2, 0) is 25.3 Å². The van der Waals surface area contributed by atoms with E-state index in [1.165, 1.54) is 41.9 Å². The predicted octanol–water partition coefficient (Wildman–Crippen LogP) is 4.26. The Labute approximate surface area is 135 Å². The molecule has 0 atom stereocenters. The molecule has 112 valence electrons. The molecule has 2 nitrogen and oxygen atoms in total. The van der Waals surface area contributed by atoms with Gasteiger partial charge >= 0.3 is 0 Å². The third-order valence-electron chi connectivity index (χ3n) is 4.03. The van der Waals surface area contributed by atoms with E-state index in [1.54, 1.807) is 11.3 Å². The van der Waals surface area contributed by atoms with Gasteiger partial charge in [0.05, 0.1) is 16.6 Å². The summed E-state index contributed by atoms with van der Waals surface area (Å²) in [5, 5.41) is 3.30. The lowest BCUT2D eigenvalue weighted by atomic mass is 10.0. The van der Waals surface area contributed by atoms with Crippen LogP contribution in [0.3, 0.4) is 0 Å². The van der Waals surface area contributed by atoms with Gasteiger partial charge in [-0.1, -0.05) is 24.3 Å². The quantitative estimate of drug-likeness (QED) is 0.765. The Morgan fingerprint density at radius 1 is 1.24 bits per heavy atom. The minimum absolute atomic E-state index is 0.527. The molecular weight excluding hydrogens is 300 g/mol. The van der Waals surface area contributed by atoms with Crippen LogP contribution in [0, 0.1) is 0 Å². The van der Waals surface area contributed by atoms with Crippen LogP contribution in [0.5, 0.6) is 0 Å². The van der Waals surface area contributed by atoms with Gasteiger partial charge in [0.15, 0.2) is 0 Å². The molecule has 0 saturated heterocycles. The standard InChI is InChI=1S/C17H21ClN2S/c18-11-16-13-21-17(19-16)8-4-10-20-9-3-7-14-5-1-2-6-15(14)12-20/h1-2,5-6,13H,3-4,7-12H2. The summed E-state index contributed by atoms with van der Waals surface area (Å²) in [4.78, 5) is 7.12. The van der Waals surface area contributed by atoms with Crippen molar-refractivity contribution in [1.82, 2.24) is 9.88 Å². The van der Waals surface area contributed by atoms with Crippen LogP contribution < -0.4 is 0 Å². The highest BCUT2D eigenvalue weighted by Gasteiger charge is 2.13. The Balaban J connectivity index is 1.51. The first-order valence-corrected chi connectivity index (χ1v) is 9.05. The first kappa shape index (κ1) is 15.0. The van der Waals surface area contributed by atoms with Gasteiger partial charge in [-0.2, -0.15) is 0 Å². The van der Waals surface area contributed by atoms with Crippen LogP contribution in [0.4, 0.5) is 0 Å². The van der Waals surface area contributed by atoms with Crippen molar-refractivity contribution in [2.75, 3.05) is 13.1 Å². The number of halogens is 1. The maximum Gasteiger partial charge on any atom is 0.0929 e. The lowest BCUT2D eigenvalue weighted by Gasteiger charge is -2.20. The first-order chi connectivity index (χ1) is 10.3. The molecule has 2 aromatic rings. The molecule has 0 unspecified atom stereocenters. The second-order valence-electron chi connectivity index (χ2n) is 5.62. The lowest BCUT2D eigenvalue weighted by molar-refractivity contribution is 0.266. The molecule has 0 bridgehead atoms. The van der Waals surface area contributed by atoms with E-state index in [0.29, 0.717) is 5.88 Å². The summed E-state index contributed by atoms with van der Waals surface area (Å²) >= 11 is 7.54. The number of aryl methyl sites for hydroxylation is 2. The van der Waals surface area contributed by atoms with E-state index in [4.69, 9.17) is 11.6 Å². The zero-order valence-corrected chi connectivity index (χ0v) is 13.8. The zero-order chi connectivity index (χ0) is 14.5. The van der Waals surface area contributed by atoms with E-state index in [0.717, 1.165) is 25.2 Å². The van der Waals surface area contributed by atoms with Crippen molar-refractivity contribution >= 4 is 22.9 Å². The van der Waals surface area contributed by atoms with Crippen LogP contribution in [0.15, 0.2) is 29.6 Å². The highest BCUT2D eigenvalue weighted by atomic mass is 35.5. The Hall–Kier alpha value is -0.900. The molecular formula is C17H21ClN2S. The molecule has 0 N–H and O–H groups in total. The highest BCUT2D eigenvalue weighted by molar-refractivity contribution is 7.09. The molecule has 2 heterocycles. The fraction of sp³-hybridized carbons (Fsp3) is 0.471. The smallest absolute Gasteiger partial charge is 0.0929 e. The number of hydrogen-bond acceptors (Lipinski definition) is 3. The van der Waals surface area contributed by atoms with E-state index in [2.05, 4.69) is 39.5 Å². The van der Waals surface area contributed by atoms with Gasteiger partial charge in [-0.3, -0.25) is 4.90 Å². The minimum atomic E-state index is 0.527. The average Bonchev–Trinajstić information content (AvgIpc) is 2.86. The summed E-state index contributed by atoms with van der Waals surface area (Å²) in [6.45, 7) is 3.46. The van der Waals surface area contributed by atoms with Crippen molar-refractivity contribution < 1.29 is 0 Å². The number of nitrogens with zero attached hydrogens (tertiary/aromatic N) is 2. The second-order valence-corrected chi connectivity index (χ2v) is 6.83. The second kappa shape index (κ2) is 7.39. The number of benzene rings is 1. The van der Waals surface area contributed by atoms with Gasteiger partial charge < -0.3 is 0 Å². The third-order valence-corrected chi connectivity index (χ3v) is 5.27. The number of thiazole rings is 1. The van der Waals surface area contributed by atoms with Crippen molar-refractivity contribution in [2.45, 2.75) is 38.1 Å². The number of rotatable bonds is 5. The fourth-order valence-electron chi connectivity index (χ4n) is 2.94. The van der Waals surface area contributed by atoms with Gasteiger partial charge in [-0.15, -0.1) is 22.9 Å². The van der Waals surface area contributed by atoms with Crippen molar-refractivity contribution in [3.63, 3.8) is 0 Å². The maximum atomic E-state index is 5.80. The normalized spacial score (nSPS) is 15.7. The Morgan fingerprint density at radius 3 is 2.90 bits per heavy atom. The van der Waals surface area contributed by atoms with Gasteiger partial charge in [-0.05, 0) is 43.5 Å². The number of hydrogen-bond donors (Lipinski definition) is 0. The monoisotopic (exact) mass is 320 g/mol. The Bertz CT molecular complexity index is 582. The molecule has 0 saturated carbocycles. The number of fused-ring (bicyclic) bond motifs is 1. The topological polar surface area (TPSA) is 16.1 Å². The van der Waals surface area contributed by atoms with E-state index in [9.17, 15) is 0 Å². The average molecular weight is 321 g/mol. The van der Waals surface area contributed by atoms with Crippen molar-refractivity contribution in [2.24, 2.45) is 0 Å². The molecule has 3 rings (SSSR count). The largest absolute Gasteiger partial charge is 0.299 e. The van der Waals surface area contributed by atoms with Gasteiger partial charge in [0.1, 0.15) is 0 Å². The summed E-state index contributed by atoms with van der Waals surface area (Å²) in [6, 6.07) is 8.88. The molecule has 0 amide bonds. The van der Waals surface area contributed by atoms with Gasteiger partial charge in [0.25, 0.3) is 0 Å². The molecule has 0 spiro atoms. The molecule has 21 heavy (non-hydrogen) atoms. The number of alkyl halides is 1. The number of aromatic nitrogens is 1. The lowest BCUT2D eigenvalue weighted by Crippen LogP contribution is -2.24. The summed E-state index contributed by atoms with van der Waals surface area (Å²) < 4.78 is 0. The molecule has 1 aromatic carbocycles. The summed E-state index contributed by atoms with van der Waals surface area (Å²) in [5.41, 5.74) is 4.06. The third kappa shape index (κ3) is 4.06.